The predicted octanol–water partition coefficient (Wildman–Crippen LogP) is -0.00250. The van der Waals surface area contributed by atoms with Gasteiger partial charge >= 0.3 is 0 Å². The van der Waals surface area contributed by atoms with Crippen LogP contribution in [0.1, 0.15) is 0 Å². The van der Waals surface area contributed by atoms with E-state index in [1.165, 1.54) is 0 Å². The third-order valence-electron chi connectivity index (χ3n) is 0. The van der Waals surface area contributed by atoms with E-state index in [2.05, 4.69) is 0 Å². The standard InChI is InChI=1S/Fe.3Th. The molecule has 0 aliphatic carbocycles. The Balaban J connectivity index is 0. The van der Waals surface area contributed by atoms with Crippen LogP contribution in [0.2, 0.25) is 0 Å². The zero-order valence-corrected chi connectivity index (χ0v) is 15.3. The molecule has 0 radical (unpaired) electrons. The zero-order valence-electron chi connectivity index (χ0n) is 1.85. The summed E-state index contributed by atoms with van der Waals surface area (Å²) >= 11 is 0. The van der Waals surface area contributed by atoms with Crippen molar-refractivity contribution in [3.8, 4) is 0 Å². The third kappa shape index (κ3) is 9.71. The molecule has 20 valence electrons. The van der Waals surface area contributed by atoms with E-state index in [0.717, 1.165) is 0 Å². The summed E-state index contributed by atoms with van der Waals surface area (Å²) in [6.07, 6.45) is 0. The predicted molar refractivity (Wildman–Crippen MR) is 0 cm³/mol. The topological polar surface area (TPSA) is 0 Å². The third-order valence-corrected chi connectivity index (χ3v) is 0. The van der Waals surface area contributed by atoms with Crippen LogP contribution in [0.15, 0.2) is 0 Å². The van der Waals surface area contributed by atoms with Gasteiger partial charge in [0.2, 0.25) is 0 Å². The Hall–Kier alpha value is 4.49. The van der Waals surface area contributed by atoms with Crippen LogP contribution in [0.25, 0.3) is 0 Å². The second-order valence-electron chi connectivity index (χ2n) is 0. The van der Waals surface area contributed by atoms with Crippen molar-refractivity contribution in [2.45, 2.75) is 0 Å². The number of hydrogen-bond donors (Lipinski definition) is 0. The van der Waals surface area contributed by atoms with Crippen LogP contribution in [0.4, 0.5) is 0 Å². The van der Waals surface area contributed by atoms with Crippen LogP contribution in [0, 0.1) is 120 Å². The smallest absolute Gasteiger partial charge is 0 e. The molecule has 0 aromatic heterocycles. The van der Waals surface area contributed by atoms with E-state index >= 15 is 0 Å². The Morgan fingerprint density at radius 2 is 0.500 bits per heavy atom. The fourth-order valence-electron chi connectivity index (χ4n) is 0. The van der Waals surface area contributed by atoms with Crippen molar-refractivity contribution in [3.05, 3.63) is 0 Å². The minimum Gasteiger partial charge on any atom is 0 e. The molecule has 0 saturated carbocycles. The molecule has 0 aliphatic heterocycles. The molecule has 0 atom stereocenters. The molecule has 4 heteroatoms. The van der Waals surface area contributed by atoms with Gasteiger partial charge in [0.05, 0.1) is 0 Å². The van der Waals surface area contributed by atoms with Crippen molar-refractivity contribution >= 4 is 0 Å². The van der Waals surface area contributed by atoms with Crippen LogP contribution in [0.3, 0.4) is 0 Å². The molecule has 4 heavy (non-hydrogen) atoms. The van der Waals surface area contributed by atoms with Crippen molar-refractivity contribution in [1.82, 2.24) is 0 Å². The fraction of sp³-hybridized carbons (Fsp3) is 0. The molecule has 0 saturated heterocycles. The van der Waals surface area contributed by atoms with Crippen LogP contribution in [0.5, 0.6) is 0 Å². The fourth-order valence-corrected chi connectivity index (χ4v) is 0. The first kappa shape index (κ1) is 23.6. The summed E-state index contributed by atoms with van der Waals surface area (Å²) in [5.74, 6) is 0. The minimum absolute atomic E-state index is 0. The Bertz CT molecular complexity index is 3.25. The van der Waals surface area contributed by atoms with E-state index in [-0.39, 0.29) is 137 Å². The zero-order chi connectivity index (χ0) is 0. The Kier molecular flexibility index (Phi) is 92.4. The molecule has 0 rings (SSSR count). The van der Waals surface area contributed by atoms with Crippen molar-refractivity contribution in [2.75, 3.05) is 0 Å². The summed E-state index contributed by atoms with van der Waals surface area (Å²) in [6, 6.07) is 0. The molecule has 0 fully saturated rings. The summed E-state index contributed by atoms with van der Waals surface area (Å²) in [5.41, 5.74) is 0. The quantitative estimate of drug-likeness (QED) is 0.306. The van der Waals surface area contributed by atoms with Crippen molar-refractivity contribution in [3.63, 3.8) is 0 Å². The molecule has 0 N–H and O–H groups in total. The van der Waals surface area contributed by atoms with Crippen LogP contribution < -0.4 is 0 Å². The van der Waals surface area contributed by atoms with E-state index in [1.54, 1.807) is 0 Å². The van der Waals surface area contributed by atoms with Gasteiger partial charge < -0.3 is 0 Å². The van der Waals surface area contributed by atoms with Gasteiger partial charge in [-0.3, -0.25) is 0 Å². The second kappa shape index (κ2) is 15.6. The first-order chi connectivity index (χ1) is 0. The molecule has 0 nitrogen and oxygen atoms in total. The molecule has 0 bridgehead atoms. The monoisotopic (exact) mass is 752 g/mol. The Labute approximate surface area is 133 Å². The van der Waals surface area contributed by atoms with E-state index in [1.807, 2.05) is 0 Å². The number of rotatable bonds is 0. The van der Waals surface area contributed by atoms with Gasteiger partial charge in [-0.1, -0.05) is 0 Å². The summed E-state index contributed by atoms with van der Waals surface area (Å²) in [6.45, 7) is 0. The van der Waals surface area contributed by atoms with Gasteiger partial charge in [0.1, 0.15) is 0 Å². The van der Waals surface area contributed by atoms with E-state index < -0.39 is 0 Å². The first-order valence-corrected chi connectivity index (χ1v) is 0. The van der Waals surface area contributed by atoms with Gasteiger partial charge in [0.15, 0.2) is 0 Å². The van der Waals surface area contributed by atoms with Crippen molar-refractivity contribution in [2.24, 2.45) is 0 Å². The molecule has 0 aliphatic rings. The average Bonchev–Trinajstić information content (AvgIpc) is 0. The Morgan fingerprint density at radius 3 is 0.500 bits per heavy atom. The van der Waals surface area contributed by atoms with Crippen molar-refractivity contribution in [1.29, 1.82) is 0 Å². The van der Waals surface area contributed by atoms with Gasteiger partial charge in [0.25, 0.3) is 0 Å². The van der Waals surface area contributed by atoms with Crippen LogP contribution >= 0.6 is 0 Å². The molecule has 0 unspecified atom stereocenters. The first-order valence-electron chi connectivity index (χ1n) is 0. The van der Waals surface area contributed by atoms with Crippen LogP contribution in [-0.4, -0.2) is 0 Å². The van der Waals surface area contributed by atoms with Crippen molar-refractivity contribution < 1.29 is 137 Å². The molecule has 0 heterocycles. The summed E-state index contributed by atoms with van der Waals surface area (Å²) in [4.78, 5) is 0. The van der Waals surface area contributed by atoms with Gasteiger partial charge in [-0.05, 0) is 0 Å². The maximum Gasteiger partial charge on any atom is 0 e. The van der Waals surface area contributed by atoms with E-state index in [0.29, 0.717) is 0 Å². The normalized spacial score (nSPS) is 0. The van der Waals surface area contributed by atoms with Gasteiger partial charge in [0, 0.05) is 137 Å². The maximum atomic E-state index is 0. The maximum absolute atomic E-state index is 0. The number of hydrogen-bond acceptors (Lipinski definition) is 0. The largest absolute Gasteiger partial charge is 0 e. The summed E-state index contributed by atoms with van der Waals surface area (Å²) in [5, 5.41) is 0. The summed E-state index contributed by atoms with van der Waals surface area (Å²) < 4.78 is 0. The molecule has 0 amide bonds. The van der Waals surface area contributed by atoms with E-state index in [4.69, 9.17) is 0 Å². The van der Waals surface area contributed by atoms with E-state index in [9.17, 15) is 0 Å². The molecule has 0 spiro atoms. The SMILES string of the molecule is [Fe].[Th].[Th].[Th]. The van der Waals surface area contributed by atoms with Gasteiger partial charge in [-0.25, -0.2) is 0 Å². The van der Waals surface area contributed by atoms with Crippen LogP contribution in [-0.2, 0) is 17.1 Å². The molecular formula is FeTh3. The molecule has 0 aromatic carbocycles. The van der Waals surface area contributed by atoms with Gasteiger partial charge in [-0.2, -0.15) is 0 Å². The Morgan fingerprint density at radius 1 is 0.500 bits per heavy atom. The molecular weight excluding hydrogens is 752 g/mol. The summed E-state index contributed by atoms with van der Waals surface area (Å²) in [7, 11) is 0. The second-order valence-corrected chi connectivity index (χ2v) is 0. The minimum atomic E-state index is 0. The molecule has 0 aromatic rings. The average molecular weight is 752 g/mol. The van der Waals surface area contributed by atoms with Gasteiger partial charge in [-0.15, -0.1) is 0 Å².